The highest BCUT2D eigenvalue weighted by Crippen LogP contribution is 2.14. The van der Waals surface area contributed by atoms with Crippen LogP contribution < -0.4 is 5.73 Å². The molecule has 120 valence electrons. The third-order valence-corrected chi connectivity index (χ3v) is 4.47. The Kier molecular flexibility index (Phi) is 4.63. The first-order valence-corrected chi connectivity index (χ1v) is 8.05. The minimum atomic E-state index is 0.0977. The number of carbonyl (C=O) groups excluding carboxylic acids is 1. The van der Waals surface area contributed by atoms with Gasteiger partial charge in [-0.3, -0.25) is 9.69 Å². The summed E-state index contributed by atoms with van der Waals surface area (Å²) in [6, 6.07) is 15.7. The number of hydrogen-bond acceptors (Lipinski definition) is 3. The SMILES string of the molecule is Cc1ccccc1CN1CCN(C(=O)c2ccc(N)cc2)CC1. The lowest BCUT2D eigenvalue weighted by atomic mass is 10.1. The molecule has 4 nitrogen and oxygen atoms in total. The van der Waals surface area contributed by atoms with Crippen molar-refractivity contribution >= 4 is 11.6 Å². The number of rotatable bonds is 3. The maximum Gasteiger partial charge on any atom is 0.253 e. The Morgan fingerprint density at radius 2 is 1.65 bits per heavy atom. The molecule has 1 amide bonds. The third kappa shape index (κ3) is 3.71. The van der Waals surface area contributed by atoms with E-state index in [0.29, 0.717) is 11.3 Å². The predicted molar refractivity (Wildman–Crippen MR) is 93.2 cm³/mol. The van der Waals surface area contributed by atoms with Crippen LogP contribution in [0.2, 0.25) is 0 Å². The van der Waals surface area contributed by atoms with Crippen LogP contribution in [0.4, 0.5) is 5.69 Å². The van der Waals surface area contributed by atoms with Crippen LogP contribution in [0.3, 0.4) is 0 Å². The highest BCUT2D eigenvalue weighted by atomic mass is 16.2. The van der Waals surface area contributed by atoms with Crippen molar-refractivity contribution in [1.29, 1.82) is 0 Å². The molecule has 23 heavy (non-hydrogen) atoms. The van der Waals surface area contributed by atoms with Crippen molar-refractivity contribution in [2.45, 2.75) is 13.5 Å². The second-order valence-corrected chi connectivity index (χ2v) is 6.12. The van der Waals surface area contributed by atoms with Crippen molar-refractivity contribution in [3.05, 3.63) is 65.2 Å². The van der Waals surface area contributed by atoms with Crippen LogP contribution in [0.1, 0.15) is 21.5 Å². The van der Waals surface area contributed by atoms with Gasteiger partial charge in [0, 0.05) is 44.0 Å². The van der Waals surface area contributed by atoms with Gasteiger partial charge in [-0.15, -0.1) is 0 Å². The number of nitrogen functional groups attached to an aromatic ring is 1. The lowest BCUT2D eigenvalue weighted by Crippen LogP contribution is -2.48. The summed E-state index contributed by atoms with van der Waals surface area (Å²) in [5.74, 6) is 0.0977. The fourth-order valence-electron chi connectivity index (χ4n) is 2.95. The van der Waals surface area contributed by atoms with E-state index in [1.807, 2.05) is 4.90 Å². The fraction of sp³-hybridized carbons (Fsp3) is 0.316. The standard InChI is InChI=1S/C19H23N3O/c1-15-4-2-3-5-17(15)14-21-10-12-22(13-11-21)19(23)16-6-8-18(20)9-7-16/h2-9H,10-14,20H2,1H3. The van der Waals surface area contributed by atoms with Crippen LogP contribution >= 0.6 is 0 Å². The van der Waals surface area contributed by atoms with Crippen molar-refractivity contribution < 1.29 is 4.79 Å². The van der Waals surface area contributed by atoms with Gasteiger partial charge in [0.25, 0.3) is 5.91 Å². The lowest BCUT2D eigenvalue weighted by molar-refractivity contribution is 0.0628. The number of nitrogens with two attached hydrogens (primary N) is 1. The van der Waals surface area contributed by atoms with Crippen LogP contribution in [0.25, 0.3) is 0 Å². The maximum atomic E-state index is 12.5. The Bertz CT molecular complexity index is 673. The summed E-state index contributed by atoms with van der Waals surface area (Å²) >= 11 is 0. The van der Waals surface area contributed by atoms with Gasteiger partial charge in [0.1, 0.15) is 0 Å². The number of carbonyl (C=O) groups is 1. The molecule has 0 radical (unpaired) electrons. The molecule has 2 aromatic carbocycles. The lowest BCUT2D eigenvalue weighted by Gasteiger charge is -2.35. The Morgan fingerprint density at radius 3 is 2.30 bits per heavy atom. The van der Waals surface area contributed by atoms with E-state index in [1.165, 1.54) is 11.1 Å². The number of aryl methyl sites for hydroxylation is 1. The summed E-state index contributed by atoms with van der Waals surface area (Å²) in [5, 5.41) is 0. The summed E-state index contributed by atoms with van der Waals surface area (Å²) in [5.41, 5.74) is 9.77. The van der Waals surface area contributed by atoms with E-state index >= 15 is 0 Å². The summed E-state index contributed by atoms with van der Waals surface area (Å²) in [4.78, 5) is 16.8. The molecule has 0 bridgehead atoms. The van der Waals surface area contributed by atoms with Crippen LogP contribution in [0.5, 0.6) is 0 Å². The molecule has 0 unspecified atom stereocenters. The van der Waals surface area contributed by atoms with E-state index in [0.717, 1.165) is 32.7 Å². The van der Waals surface area contributed by atoms with E-state index < -0.39 is 0 Å². The van der Waals surface area contributed by atoms with Gasteiger partial charge >= 0.3 is 0 Å². The van der Waals surface area contributed by atoms with Crippen molar-refractivity contribution in [2.24, 2.45) is 0 Å². The highest BCUT2D eigenvalue weighted by Gasteiger charge is 2.22. The van der Waals surface area contributed by atoms with Crippen LogP contribution in [-0.2, 0) is 6.54 Å². The van der Waals surface area contributed by atoms with Gasteiger partial charge in [0.05, 0.1) is 0 Å². The minimum absolute atomic E-state index is 0.0977. The second kappa shape index (κ2) is 6.84. The molecule has 1 heterocycles. The zero-order valence-electron chi connectivity index (χ0n) is 13.5. The molecule has 2 aromatic rings. The monoisotopic (exact) mass is 309 g/mol. The summed E-state index contributed by atoms with van der Waals surface area (Å²) in [7, 11) is 0. The number of hydrogen-bond donors (Lipinski definition) is 1. The van der Waals surface area contributed by atoms with Gasteiger partial charge in [0.2, 0.25) is 0 Å². The molecule has 0 aromatic heterocycles. The largest absolute Gasteiger partial charge is 0.399 e. The molecule has 0 spiro atoms. The molecule has 1 aliphatic heterocycles. The number of benzene rings is 2. The number of nitrogens with zero attached hydrogens (tertiary/aromatic N) is 2. The first-order chi connectivity index (χ1) is 11.1. The molecule has 3 rings (SSSR count). The Hall–Kier alpha value is -2.33. The van der Waals surface area contributed by atoms with Gasteiger partial charge in [0.15, 0.2) is 0 Å². The average Bonchev–Trinajstić information content (AvgIpc) is 2.58. The fourth-order valence-corrected chi connectivity index (χ4v) is 2.95. The molecule has 0 atom stereocenters. The average molecular weight is 309 g/mol. The summed E-state index contributed by atoms with van der Waals surface area (Å²) < 4.78 is 0. The molecular weight excluding hydrogens is 286 g/mol. The zero-order chi connectivity index (χ0) is 16.2. The molecule has 1 saturated heterocycles. The second-order valence-electron chi connectivity index (χ2n) is 6.12. The summed E-state index contributed by atoms with van der Waals surface area (Å²) in [6.45, 7) is 6.47. The summed E-state index contributed by atoms with van der Waals surface area (Å²) in [6.07, 6.45) is 0. The number of piperazine rings is 1. The normalized spacial score (nSPS) is 15.6. The van der Waals surface area contributed by atoms with Gasteiger partial charge in [-0.1, -0.05) is 24.3 Å². The van der Waals surface area contributed by atoms with Crippen molar-refractivity contribution in [1.82, 2.24) is 9.80 Å². The van der Waals surface area contributed by atoms with E-state index in [1.54, 1.807) is 24.3 Å². The van der Waals surface area contributed by atoms with Crippen molar-refractivity contribution in [3.8, 4) is 0 Å². The predicted octanol–water partition coefficient (Wildman–Crippen LogP) is 2.54. The van der Waals surface area contributed by atoms with Gasteiger partial charge in [-0.05, 0) is 42.3 Å². The van der Waals surface area contributed by atoms with Crippen LogP contribution in [0, 0.1) is 6.92 Å². The Morgan fingerprint density at radius 1 is 1.00 bits per heavy atom. The topological polar surface area (TPSA) is 49.6 Å². The first kappa shape index (κ1) is 15.6. The molecule has 0 aliphatic carbocycles. The van der Waals surface area contributed by atoms with E-state index in [2.05, 4.69) is 36.1 Å². The smallest absolute Gasteiger partial charge is 0.253 e. The van der Waals surface area contributed by atoms with Gasteiger partial charge in [-0.25, -0.2) is 0 Å². The third-order valence-electron chi connectivity index (χ3n) is 4.47. The molecule has 1 aliphatic rings. The minimum Gasteiger partial charge on any atom is -0.399 e. The molecule has 1 fully saturated rings. The highest BCUT2D eigenvalue weighted by molar-refractivity contribution is 5.94. The van der Waals surface area contributed by atoms with Crippen molar-refractivity contribution in [3.63, 3.8) is 0 Å². The van der Waals surface area contributed by atoms with E-state index in [-0.39, 0.29) is 5.91 Å². The quantitative estimate of drug-likeness (QED) is 0.887. The number of amides is 1. The van der Waals surface area contributed by atoms with Crippen LogP contribution in [-0.4, -0.2) is 41.9 Å². The molecule has 4 heteroatoms. The first-order valence-electron chi connectivity index (χ1n) is 8.05. The van der Waals surface area contributed by atoms with Gasteiger partial charge < -0.3 is 10.6 Å². The van der Waals surface area contributed by atoms with Crippen LogP contribution in [0.15, 0.2) is 48.5 Å². The Balaban J connectivity index is 1.57. The van der Waals surface area contributed by atoms with E-state index in [9.17, 15) is 4.79 Å². The maximum absolute atomic E-state index is 12.5. The Labute approximate surface area is 137 Å². The van der Waals surface area contributed by atoms with Crippen molar-refractivity contribution in [2.75, 3.05) is 31.9 Å². The molecule has 2 N–H and O–H groups in total. The zero-order valence-corrected chi connectivity index (χ0v) is 13.5. The number of anilines is 1. The molecular formula is C19H23N3O. The van der Waals surface area contributed by atoms with Gasteiger partial charge in [-0.2, -0.15) is 0 Å². The van der Waals surface area contributed by atoms with E-state index in [4.69, 9.17) is 5.73 Å². The molecule has 0 saturated carbocycles.